The number of alkyl halides is 2. The summed E-state index contributed by atoms with van der Waals surface area (Å²) in [5, 5.41) is 10.0. The van der Waals surface area contributed by atoms with E-state index < -0.39 is 6.61 Å². The summed E-state index contributed by atoms with van der Waals surface area (Å²) >= 11 is 0. The Morgan fingerprint density at radius 3 is 2.78 bits per heavy atom. The number of benzene rings is 1. The van der Waals surface area contributed by atoms with Gasteiger partial charge in [-0.15, -0.1) is 0 Å². The molecule has 2 fully saturated rings. The number of likely N-dealkylation sites (N-methyl/N-ethyl adjacent to an activating group) is 1. The van der Waals surface area contributed by atoms with E-state index in [-0.39, 0.29) is 23.3 Å². The third-order valence-electron chi connectivity index (χ3n) is 5.45. The Kier molecular flexibility index (Phi) is 4.47. The third kappa shape index (κ3) is 2.90. The molecule has 1 aliphatic heterocycles. The molecule has 1 aliphatic carbocycles. The van der Waals surface area contributed by atoms with Crippen molar-refractivity contribution in [3.05, 3.63) is 23.8 Å². The Morgan fingerprint density at radius 1 is 1.30 bits per heavy atom. The zero-order chi connectivity index (χ0) is 16.6. The predicted octanol–water partition coefficient (Wildman–Crippen LogP) is 2.78. The minimum atomic E-state index is -2.88. The fourth-order valence-electron chi connectivity index (χ4n) is 4.27. The van der Waals surface area contributed by atoms with Crippen molar-refractivity contribution in [2.45, 2.75) is 49.9 Å². The maximum absolute atomic E-state index is 12.7. The molecule has 0 radical (unpaired) electrons. The topological polar surface area (TPSA) is 41.9 Å². The van der Waals surface area contributed by atoms with E-state index in [0.29, 0.717) is 12.2 Å². The molecule has 1 aromatic carbocycles. The molecule has 2 aliphatic rings. The summed E-state index contributed by atoms with van der Waals surface area (Å²) in [7, 11) is 3.50. The van der Waals surface area contributed by atoms with Crippen LogP contribution >= 0.6 is 0 Å². The number of fused-ring (bicyclic) bond motifs is 1. The predicted molar refractivity (Wildman–Crippen MR) is 82.2 cm³/mol. The molecule has 1 heterocycles. The van der Waals surface area contributed by atoms with E-state index in [1.165, 1.54) is 7.11 Å². The summed E-state index contributed by atoms with van der Waals surface area (Å²) < 4.78 is 35.1. The lowest BCUT2D eigenvalue weighted by Crippen LogP contribution is -2.47. The molecular formula is C17H23F2NO3. The fourth-order valence-corrected chi connectivity index (χ4v) is 4.27. The molecule has 0 bridgehead atoms. The van der Waals surface area contributed by atoms with Gasteiger partial charge in [-0.05, 0) is 57.0 Å². The van der Waals surface area contributed by atoms with Crippen LogP contribution in [0.1, 0.15) is 31.2 Å². The van der Waals surface area contributed by atoms with Crippen molar-refractivity contribution in [1.82, 2.24) is 4.90 Å². The number of halogens is 2. The van der Waals surface area contributed by atoms with Crippen LogP contribution in [0.2, 0.25) is 0 Å². The van der Waals surface area contributed by atoms with E-state index in [9.17, 15) is 13.9 Å². The molecule has 128 valence electrons. The number of ether oxygens (including phenoxy) is 2. The highest BCUT2D eigenvalue weighted by molar-refractivity contribution is 5.46. The fraction of sp³-hybridized carbons (Fsp3) is 0.647. The van der Waals surface area contributed by atoms with Crippen molar-refractivity contribution < 1.29 is 23.4 Å². The average molecular weight is 327 g/mol. The Balaban J connectivity index is 1.99. The van der Waals surface area contributed by atoms with Gasteiger partial charge >= 0.3 is 6.61 Å². The smallest absolute Gasteiger partial charge is 0.387 e. The first-order chi connectivity index (χ1) is 11.0. The van der Waals surface area contributed by atoms with Gasteiger partial charge in [-0.2, -0.15) is 8.78 Å². The van der Waals surface area contributed by atoms with E-state index in [1.54, 1.807) is 12.1 Å². The summed E-state index contributed by atoms with van der Waals surface area (Å²) in [6.07, 6.45) is 2.98. The SMILES string of the molecule is COc1ccc([C@@]23CC[C@H](O)C[C@@H]2N(C)CC3)cc1OC(F)F. The van der Waals surface area contributed by atoms with Crippen LogP contribution in [0.5, 0.6) is 11.5 Å². The van der Waals surface area contributed by atoms with Crippen LogP contribution in [0.3, 0.4) is 0 Å². The maximum Gasteiger partial charge on any atom is 0.387 e. The minimum absolute atomic E-state index is 0.0776. The van der Waals surface area contributed by atoms with Gasteiger partial charge in [0.25, 0.3) is 0 Å². The highest BCUT2D eigenvalue weighted by atomic mass is 19.3. The van der Waals surface area contributed by atoms with E-state index in [4.69, 9.17) is 4.74 Å². The zero-order valence-corrected chi connectivity index (χ0v) is 13.5. The zero-order valence-electron chi connectivity index (χ0n) is 13.5. The Bertz CT molecular complexity index is 569. The van der Waals surface area contributed by atoms with Crippen LogP contribution in [0, 0.1) is 0 Å². The number of methoxy groups -OCH3 is 1. The summed E-state index contributed by atoms with van der Waals surface area (Å²) in [6.45, 7) is -1.94. The molecule has 23 heavy (non-hydrogen) atoms. The Labute approximate surface area is 135 Å². The lowest BCUT2D eigenvalue weighted by Gasteiger charge is -2.43. The van der Waals surface area contributed by atoms with Crippen molar-refractivity contribution >= 4 is 0 Å². The van der Waals surface area contributed by atoms with Gasteiger partial charge in [-0.1, -0.05) is 6.07 Å². The van der Waals surface area contributed by atoms with Gasteiger partial charge in [0.15, 0.2) is 11.5 Å². The average Bonchev–Trinajstić information content (AvgIpc) is 2.85. The van der Waals surface area contributed by atoms with Crippen molar-refractivity contribution in [2.24, 2.45) is 0 Å². The van der Waals surface area contributed by atoms with Crippen molar-refractivity contribution in [3.8, 4) is 11.5 Å². The summed E-state index contributed by atoms with van der Waals surface area (Å²) in [4.78, 5) is 2.26. The van der Waals surface area contributed by atoms with E-state index >= 15 is 0 Å². The second-order valence-electron chi connectivity index (χ2n) is 6.57. The van der Waals surface area contributed by atoms with Gasteiger partial charge < -0.3 is 19.5 Å². The monoisotopic (exact) mass is 327 g/mol. The first-order valence-corrected chi connectivity index (χ1v) is 7.98. The summed E-state index contributed by atoms with van der Waals surface area (Å²) in [6, 6.07) is 5.55. The van der Waals surface area contributed by atoms with Crippen LogP contribution in [-0.4, -0.2) is 49.5 Å². The standard InChI is InChI=1S/C17H23F2NO3/c1-20-8-7-17(6-5-12(21)10-15(17)20)11-3-4-13(22-2)14(9-11)23-16(18)19/h3-4,9,12,15-16,21H,5-8,10H2,1-2H3/t12-,15-,17-/m0/s1. The van der Waals surface area contributed by atoms with Crippen LogP contribution in [0.4, 0.5) is 8.78 Å². The molecule has 3 rings (SSSR count). The quantitative estimate of drug-likeness (QED) is 0.923. The molecular weight excluding hydrogens is 304 g/mol. The molecule has 1 aromatic rings. The molecule has 0 spiro atoms. The molecule has 0 unspecified atom stereocenters. The van der Waals surface area contributed by atoms with Crippen molar-refractivity contribution in [1.29, 1.82) is 0 Å². The normalized spacial score (nSPS) is 31.2. The molecule has 1 saturated carbocycles. The molecule has 0 aromatic heterocycles. The summed E-state index contributed by atoms with van der Waals surface area (Å²) in [5.41, 5.74) is 0.885. The maximum atomic E-state index is 12.7. The molecule has 1 N–H and O–H groups in total. The van der Waals surface area contributed by atoms with Crippen molar-refractivity contribution in [2.75, 3.05) is 20.7 Å². The first kappa shape index (κ1) is 16.5. The number of hydrogen-bond acceptors (Lipinski definition) is 4. The van der Waals surface area contributed by atoms with Gasteiger partial charge in [0.05, 0.1) is 13.2 Å². The number of rotatable bonds is 4. The second-order valence-corrected chi connectivity index (χ2v) is 6.57. The lowest BCUT2D eigenvalue weighted by atomic mass is 9.65. The largest absolute Gasteiger partial charge is 0.493 e. The van der Waals surface area contributed by atoms with Crippen molar-refractivity contribution in [3.63, 3.8) is 0 Å². The van der Waals surface area contributed by atoms with Gasteiger partial charge in [0, 0.05) is 11.5 Å². The highest BCUT2D eigenvalue weighted by Gasteiger charge is 2.50. The molecule has 6 heteroatoms. The van der Waals surface area contributed by atoms with Crippen LogP contribution in [0.15, 0.2) is 18.2 Å². The number of hydrogen-bond donors (Lipinski definition) is 1. The van der Waals surface area contributed by atoms with Gasteiger partial charge in [0.2, 0.25) is 0 Å². The summed E-state index contributed by atoms with van der Waals surface area (Å²) in [5.74, 6) is 0.387. The molecule has 3 atom stereocenters. The molecule has 1 saturated heterocycles. The van der Waals surface area contributed by atoms with Gasteiger partial charge in [0.1, 0.15) is 0 Å². The molecule has 0 amide bonds. The number of aliphatic hydroxyl groups excluding tert-OH is 1. The Hall–Kier alpha value is -1.40. The third-order valence-corrected chi connectivity index (χ3v) is 5.45. The van der Waals surface area contributed by atoms with Gasteiger partial charge in [-0.25, -0.2) is 0 Å². The lowest BCUT2D eigenvalue weighted by molar-refractivity contribution is -0.0513. The van der Waals surface area contributed by atoms with E-state index in [1.807, 2.05) is 6.07 Å². The van der Waals surface area contributed by atoms with E-state index in [2.05, 4.69) is 16.7 Å². The minimum Gasteiger partial charge on any atom is -0.493 e. The van der Waals surface area contributed by atoms with Gasteiger partial charge in [-0.3, -0.25) is 0 Å². The van der Waals surface area contributed by atoms with Crippen LogP contribution in [0.25, 0.3) is 0 Å². The number of nitrogens with zero attached hydrogens (tertiary/aromatic N) is 1. The van der Waals surface area contributed by atoms with E-state index in [0.717, 1.165) is 31.4 Å². The highest BCUT2D eigenvalue weighted by Crippen LogP contribution is 2.49. The first-order valence-electron chi connectivity index (χ1n) is 7.98. The van der Waals surface area contributed by atoms with Crippen LogP contribution in [-0.2, 0) is 5.41 Å². The van der Waals surface area contributed by atoms with Crippen LogP contribution < -0.4 is 9.47 Å². The number of likely N-dealkylation sites (tertiary alicyclic amines) is 1. The number of aliphatic hydroxyl groups is 1. The Morgan fingerprint density at radius 2 is 2.09 bits per heavy atom. The molecule has 4 nitrogen and oxygen atoms in total. The second kappa shape index (κ2) is 6.24.